The number of thioether (sulfide) groups is 1. The summed E-state index contributed by atoms with van der Waals surface area (Å²) in [4.78, 5) is 12.9. The summed E-state index contributed by atoms with van der Waals surface area (Å²) in [5, 5.41) is 12.4. The number of aryl methyl sites for hydroxylation is 1. The number of hydrogen-bond donors (Lipinski definition) is 1. The number of benzene rings is 2. The van der Waals surface area contributed by atoms with E-state index in [1.807, 2.05) is 47.9 Å². The smallest absolute Gasteiger partial charge is 0.230 e. The minimum atomic E-state index is -0.126. The minimum Gasteiger partial charge on any atom is -0.490 e. The fourth-order valence-corrected chi connectivity index (χ4v) is 4.56. The maximum Gasteiger partial charge on any atom is 0.230 e. The van der Waals surface area contributed by atoms with Crippen LogP contribution < -0.4 is 14.8 Å². The summed E-state index contributed by atoms with van der Waals surface area (Å²) in [6.45, 7) is 8.09. The van der Waals surface area contributed by atoms with Gasteiger partial charge < -0.3 is 19.4 Å². The average Bonchev–Trinajstić information content (AvgIpc) is 3.00. The molecule has 1 aliphatic rings. The zero-order chi connectivity index (χ0) is 23.2. The van der Waals surface area contributed by atoms with Crippen molar-refractivity contribution in [2.45, 2.75) is 44.9 Å². The van der Waals surface area contributed by atoms with Crippen LogP contribution in [0.2, 0.25) is 0 Å². The lowest BCUT2D eigenvalue weighted by molar-refractivity contribution is -0.119. The zero-order valence-corrected chi connectivity index (χ0v) is 20.1. The van der Waals surface area contributed by atoms with Gasteiger partial charge in [-0.05, 0) is 36.1 Å². The van der Waals surface area contributed by atoms with Crippen LogP contribution in [-0.2, 0) is 11.3 Å². The summed E-state index contributed by atoms with van der Waals surface area (Å²) < 4.78 is 13.6. The van der Waals surface area contributed by atoms with Gasteiger partial charge in [-0.1, -0.05) is 62.0 Å². The van der Waals surface area contributed by atoms with Crippen molar-refractivity contribution in [3.8, 4) is 11.5 Å². The molecule has 33 heavy (non-hydrogen) atoms. The minimum absolute atomic E-state index is 0.0438. The van der Waals surface area contributed by atoms with E-state index in [0.29, 0.717) is 19.8 Å². The average molecular weight is 467 g/mol. The lowest BCUT2D eigenvalue weighted by atomic mass is 9.95. The molecule has 0 fully saturated rings. The molecule has 3 aromatic rings. The van der Waals surface area contributed by atoms with Gasteiger partial charge in [-0.25, -0.2) is 0 Å². The molecule has 0 saturated carbocycles. The highest BCUT2D eigenvalue weighted by molar-refractivity contribution is 7.99. The van der Waals surface area contributed by atoms with Gasteiger partial charge in [-0.15, -0.1) is 10.2 Å². The number of rotatable bonds is 8. The number of nitrogens with one attached hydrogen (secondary N) is 1. The van der Waals surface area contributed by atoms with Gasteiger partial charge in [0.05, 0.1) is 31.6 Å². The SMILES string of the molecule is Cc1nnc(SCC(=O)NC(c2ccc3c(c2)OCCCO3)C(C)C)n1Cc1ccccc1. The first-order valence-electron chi connectivity index (χ1n) is 11.3. The van der Waals surface area contributed by atoms with Crippen LogP contribution in [0.15, 0.2) is 53.7 Å². The number of nitrogens with zero attached hydrogens (tertiary/aromatic N) is 3. The second-order valence-corrected chi connectivity index (χ2v) is 9.38. The molecule has 4 rings (SSSR count). The normalized spacial score (nSPS) is 14.1. The van der Waals surface area contributed by atoms with Gasteiger partial charge in [0.2, 0.25) is 5.91 Å². The van der Waals surface area contributed by atoms with Crippen molar-refractivity contribution in [1.82, 2.24) is 20.1 Å². The molecule has 174 valence electrons. The molecule has 8 heteroatoms. The van der Waals surface area contributed by atoms with Crippen molar-refractivity contribution in [2.75, 3.05) is 19.0 Å². The van der Waals surface area contributed by atoms with E-state index in [1.165, 1.54) is 17.3 Å². The third kappa shape index (κ3) is 5.87. The van der Waals surface area contributed by atoms with Crippen LogP contribution in [0.4, 0.5) is 0 Å². The Hall–Kier alpha value is -3.00. The van der Waals surface area contributed by atoms with E-state index < -0.39 is 0 Å². The molecule has 1 aromatic heterocycles. The number of carbonyl (C=O) groups excluding carboxylic acids is 1. The van der Waals surface area contributed by atoms with Crippen LogP contribution in [-0.4, -0.2) is 39.6 Å². The molecule has 1 N–H and O–H groups in total. The molecule has 2 aromatic carbocycles. The largest absolute Gasteiger partial charge is 0.490 e. The van der Waals surface area contributed by atoms with E-state index in [1.54, 1.807) is 0 Å². The van der Waals surface area contributed by atoms with Crippen molar-refractivity contribution in [1.29, 1.82) is 0 Å². The Morgan fingerprint density at radius 1 is 1.09 bits per heavy atom. The van der Waals surface area contributed by atoms with Gasteiger partial charge >= 0.3 is 0 Å². The fraction of sp³-hybridized carbons (Fsp3) is 0.400. The second-order valence-electron chi connectivity index (χ2n) is 8.44. The highest BCUT2D eigenvalue weighted by atomic mass is 32.2. The van der Waals surface area contributed by atoms with Gasteiger partial charge in [-0.3, -0.25) is 4.79 Å². The number of aromatic nitrogens is 3. The van der Waals surface area contributed by atoms with Crippen molar-refractivity contribution in [2.24, 2.45) is 5.92 Å². The third-order valence-electron chi connectivity index (χ3n) is 5.53. The van der Waals surface area contributed by atoms with E-state index in [2.05, 4.69) is 41.5 Å². The predicted octanol–water partition coefficient (Wildman–Crippen LogP) is 4.40. The van der Waals surface area contributed by atoms with E-state index in [0.717, 1.165) is 34.5 Å². The first-order valence-corrected chi connectivity index (χ1v) is 12.2. The molecule has 0 radical (unpaired) electrons. The van der Waals surface area contributed by atoms with Gasteiger partial charge in [0.15, 0.2) is 16.7 Å². The Kier molecular flexibility index (Phi) is 7.54. The predicted molar refractivity (Wildman–Crippen MR) is 129 cm³/mol. The van der Waals surface area contributed by atoms with Crippen LogP contribution in [0.3, 0.4) is 0 Å². The lowest BCUT2D eigenvalue weighted by Gasteiger charge is -2.24. The van der Waals surface area contributed by atoms with Gasteiger partial charge in [0.1, 0.15) is 5.82 Å². The molecular formula is C25H30N4O3S. The Morgan fingerprint density at radius 3 is 2.61 bits per heavy atom. The van der Waals surface area contributed by atoms with E-state index >= 15 is 0 Å². The molecule has 1 aliphatic heterocycles. The summed E-state index contributed by atoms with van der Waals surface area (Å²) in [6.07, 6.45) is 0.861. The molecule has 0 spiro atoms. The quantitative estimate of drug-likeness (QED) is 0.496. The summed E-state index contributed by atoms with van der Waals surface area (Å²) in [5.74, 6) is 2.76. The molecule has 1 unspecified atom stereocenters. The fourth-order valence-electron chi connectivity index (χ4n) is 3.77. The molecule has 0 saturated heterocycles. The molecule has 1 atom stereocenters. The van der Waals surface area contributed by atoms with Crippen molar-refractivity contribution >= 4 is 17.7 Å². The molecule has 1 amide bonds. The standard InChI is InChI=1S/C25H30N4O3S/c1-17(2)24(20-10-11-21-22(14-20)32-13-7-12-31-21)26-23(30)16-33-25-28-27-18(3)29(25)15-19-8-5-4-6-9-19/h4-6,8-11,14,17,24H,7,12-13,15-16H2,1-3H3,(H,26,30). The summed E-state index contributed by atoms with van der Waals surface area (Å²) in [5.41, 5.74) is 2.18. The topological polar surface area (TPSA) is 78.3 Å². The monoisotopic (exact) mass is 466 g/mol. The molecule has 0 bridgehead atoms. The highest BCUT2D eigenvalue weighted by Gasteiger charge is 2.22. The second kappa shape index (κ2) is 10.7. The van der Waals surface area contributed by atoms with E-state index in [4.69, 9.17) is 9.47 Å². The van der Waals surface area contributed by atoms with Crippen molar-refractivity contribution in [3.63, 3.8) is 0 Å². The molecule has 0 aliphatic carbocycles. The van der Waals surface area contributed by atoms with Crippen molar-refractivity contribution < 1.29 is 14.3 Å². The van der Waals surface area contributed by atoms with Crippen molar-refractivity contribution in [3.05, 3.63) is 65.5 Å². The number of carbonyl (C=O) groups is 1. The number of fused-ring (bicyclic) bond motifs is 1. The Morgan fingerprint density at radius 2 is 1.85 bits per heavy atom. The first kappa shape index (κ1) is 23.2. The van der Waals surface area contributed by atoms with E-state index in [-0.39, 0.29) is 23.6 Å². The van der Waals surface area contributed by atoms with Crippen LogP contribution >= 0.6 is 11.8 Å². The molecule has 7 nitrogen and oxygen atoms in total. The number of ether oxygens (including phenoxy) is 2. The maximum absolute atomic E-state index is 12.9. The Balaban J connectivity index is 1.41. The van der Waals surface area contributed by atoms with Crippen LogP contribution in [0.5, 0.6) is 11.5 Å². The molecular weight excluding hydrogens is 436 g/mol. The third-order valence-corrected chi connectivity index (χ3v) is 6.50. The van der Waals surface area contributed by atoms with Crippen LogP contribution in [0.25, 0.3) is 0 Å². The molecule has 2 heterocycles. The summed E-state index contributed by atoms with van der Waals surface area (Å²) >= 11 is 1.40. The first-order chi connectivity index (χ1) is 16.0. The number of amides is 1. The van der Waals surface area contributed by atoms with E-state index in [9.17, 15) is 4.79 Å². The maximum atomic E-state index is 12.9. The Bertz CT molecular complexity index is 1080. The lowest BCUT2D eigenvalue weighted by Crippen LogP contribution is -2.33. The number of hydrogen-bond acceptors (Lipinski definition) is 6. The van der Waals surface area contributed by atoms with Crippen LogP contribution in [0, 0.1) is 12.8 Å². The highest BCUT2D eigenvalue weighted by Crippen LogP contribution is 2.34. The summed E-state index contributed by atoms with van der Waals surface area (Å²) in [6, 6.07) is 16.0. The Labute approximate surface area is 198 Å². The van der Waals surface area contributed by atoms with Crippen LogP contribution in [0.1, 0.15) is 43.3 Å². The zero-order valence-electron chi connectivity index (χ0n) is 19.3. The summed E-state index contributed by atoms with van der Waals surface area (Å²) in [7, 11) is 0. The van der Waals surface area contributed by atoms with Gasteiger partial charge in [0, 0.05) is 6.42 Å². The van der Waals surface area contributed by atoms with Gasteiger partial charge in [0.25, 0.3) is 0 Å². The van der Waals surface area contributed by atoms with Gasteiger partial charge in [-0.2, -0.15) is 0 Å².